The number of benzene rings is 2. The van der Waals surface area contributed by atoms with Crippen molar-refractivity contribution in [2.24, 2.45) is 0 Å². The first-order chi connectivity index (χ1) is 21.0. The minimum atomic E-state index is 0.646. The fourth-order valence-electron chi connectivity index (χ4n) is 5.57. The summed E-state index contributed by atoms with van der Waals surface area (Å²) in [6, 6.07) is 16.9. The van der Waals surface area contributed by atoms with E-state index in [0.717, 1.165) is 36.2 Å². The van der Waals surface area contributed by atoms with Crippen molar-refractivity contribution in [3.63, 3.8) is 0 Å². The van der Waals surface area contributed by atoms with Gasteiger partial charge in [0.2, 0.25) is 0 Å². The number of hydrogen-bond donors (Lipinski definition) is 0. The first-order valence-electron chi connectivity index (χ1n) is 15.4. The van der Waals surface area contributed by atoms with Crippen molar-refractivity contribution in [1.82, 2.24) is 0 Å². The molecule has 0 spiro atoms. The number of halogens is 1. The van der Waals surface area contributed by atoms with Crippen LogP contribution in [-0.4, -0.2) is 54.2 Å². The minimum absolute atomic E-state index is 0.646. The van der Waals surface area contributed by atoms with Gasteiger partial charge in [-0.2, -0.15) is 23.5 Å². The van der Waals surface area contributed by atoms with Gasteiger partial charge >= 0.3 is 0 Å². The molecule has 2 aromatic carbocycles. The molecule has 8 rings (SSSR count). The maximum atomic E-state index is 4.04. The minimum Gasteiger partial charge on any atom is -0.156 e. The van der Waals surface area contributed by atoms with Gasteiger partial charge in [-0.05, 0) is 88.2 Å². The zero-order valence-corrected chi connectivity index (χ0v) is 33.7. The van der Waals surface area contributed by atoms with Crippen molar-refractivity contribution >= 4 is 110 Å². The summed E-state index contributed by atoms with van der Waals surface area (Å²) in [5, 5.41) is 1.46. The lowest BCUT2D eigenvalue weighted by Crippen LogP contribution is -2.24. The van der Waals surface area contributed by atoms with E-state index < -0.39 is 0 Å². The van der Waals surface area contributed by atoms with Crippen molar-refractivity contribution in [1.29, 1.82) is 0 Å². The molecule has 0 aromatic heterocycles. The van der Waals surface area contributed by atoms with Crippen molar-refractivity contribution in [3.8, 4) is 0 Å². The number of rotatable bonds is 8. The monoisotopic (exact) mass is 786 g/mol. The Morgan fingerprint density at radius 3 is 1.51 bits per heavy atom. The summed E-state index contributed by atoms with van der Waals surface area (Å²) >= 11 is 21.2. The van der Waals surface area contributed by atoms with Gasteiger partial charge in [-0.15, -0.1) is 70.6 Å². The second-order valence-corrected chi connectivity index (χ2v) is 22.9. The Morgan fingerprint density at radius 2 is 1.05 bits per heavy atom. The smallest absolute Gasteiger partial charge is 0.0681 e. The third-order valence-corrected chi connectivity index (χ3v) is 20.8. The van der Waals surface area contributed by atoms with E-state index in [9.17, 15) is 0 Å². The Kier molecular flexibility index (Phi) is 14.9. The van der Waals surface area contributed by atoms with E-state index in [0.29, 0.717) is 9.16 Å². The van der Waals surface area contributed by atoms with Gasteiger partial charge in [0.1, 0.15) is 0 Å². The lowest BCUT2D eigenvalue weighted by Gasteiger charge is -2.32. The van der Waals surface area contributed by atoms with Gasteiger partial charge in [-0.1, -0.05) is 80.0 Å². The molecule has 2 aromatic rings. The average Bonchev–Trinajstić information content (AvgIpc) is 3.01. The molecule has 0 nitrogen and oxygen atoms in total. The molecular weight excluding hydrogens is 745 g/mol. The first-order valence-corrected chi connectivity index (χ1v) is 24.1. The number of hydrogen-bond acceptors (Lipinski definition) is 8. The van der Waals surface area contributed by atoms with Crippen LogP contribution in [0.4, 0.5) is 0 Å². The van der Waals surface area contributed by atoms with Gasteiger partial charge in [-0.3, -0.25) is 0 Å². The van der Waals surface area contributed by atoms with Gasteiger partial charge in [0.05, 0.1) is 9.16 Å². The fraction of sp³-hybridized carbons (Fsp3) is 0.529. The van der Waals surface area contributed by atoms with E-state index in [2.05, 4.69) is 180 Å². The SMILES string of the molecule is CCSC1CS/C(=C2\Cc3ccc(cc3)C/C(=C3\SCC(SCC)C(SCC)S3)Cc3ccc(cc3Br)C2)SC1SCC. The first kappa shape index (κ1) is 35.5. The van der Waals surface area contributed by atoms with Crippen LogP contribution >= 0.6 is 110 Å². The Morgan fingerprint density at radius 1 is 0.605 bits per heavy atom. The van der Waals surface area contributed by atoms with Crippen molar-refractivity contribution in [2.45, 2.75) is 73.0 Å². The van der Waals surface area contributed by atoms with Crippen LogP contribution in [-0.2, 0) is 25.7 Å². The Hall–Kier alpha value is 1.20. The largest absolute Gasteiger partial charge is 0.156 e. The van der Waals surface area contributed by atoms with Gasteiger partial charge < -0.3 is 0 Å². The molecule has 4 aliphatic carbocycles. The summed E-state index contributed by atoms with van der Waals surface area (Å²) in [4.78, 5) is 0. The van der Waals surface area contributed by atoms with Crippen LogP contribution in [0.1, 0.15) is 49.9 Å². The van der Waals surface area contributed by atoms with Gasteiger partial charge in [0, 0.05) is 35.0 Å². The predicted molar refractivity (Wildman–Crippen MR) is 217 cm³/mol. The van der Waals surface area contributed by atoms with Crippen LogP contribution in [0.15, 0.2) is 66.6 Å². The maximum Gasteiger partial charge on any atom is 0.0681 e. The Bertz CT molecular complexity index is 1270. The Labute approximate surface area is 303 Å². The molecule has 9 heteroatoms. The molecule has 234 valence electrons. The summed E-state index contributed by atoms with van der Waals surface area (Å²) in [5.74, 6) is 7.24. The lowest BCUT2D eigenvalue weighted by molar-refractivity contribution is 0.994. The number of thioether (sulfide) groups is 8. The van der Waals surface area contributed by atoms with E-state index >= 15 is 0 Å². The molecule has 2 heterocycles. The molecule has 43 heavy (non-hydrogen) atoms. The van der Waals surface area contributed by atoms with Crippen LogP contribution < -0.4 is 0 Å². The summed E-state index contributed by atoms with van der Waals surface area (Å²) in [7, 11) is 0. The van der Waals surface area contributed by atoms with Crippen LogP contribution in [0.2, 0.25) is 0 Å². The zero-order chi connectivity index (χ0) is 30.2. The highest BCUT2D eigenvalue weighted by atomic mass is 79.9. The molecule has 4 bridgehead atoms. The molecular formula is C34H43BrS8. The van der Waals surface area contributed by atoms with Crippen molar-refractivity contribution < 1.29 is 0 Å². The molecule has 6 aliphatic rings. The van der Waals surface area contributed by atoms with Gasteiger partial charge in [0.15, 0.2) is 0 Å². The molecule has 4 unspecified atom stereocenters. The summed E-state index contributed by atoms with van der Waals surface area (Å²) < 4.78 is 5.71. The average molecular weight is 788 g/mol. The van der Waals surface area contributed by atoms with E-state index in [-0.39, 0.29) is 0 Å². The van der Waals surface area contributed by atoms with E-state index in [4.69, 9.17) is 0 Å². The van der Waals surface area contributed by atoms with Crippen molar-refractivity contribution in [3.05, 3.63) is 88.8 Å². The van der Waals surface area contributed by atoms with Gasteiger partial charge in [0.25, 0.3) is 0 Å². The van der Waals surface area contributed by atoms with Crippen LogP contribution in [0, 0.1) is 0 Å². The Balaban J connectivity index is 1.47. The second-order valence-electron chi connectivity index (χ2n) is 10.7. The highest BCUT2D eigenvalue weighted by molar-refractivity contribution is 9.10. The fourth-order valence-corrected chi connectivity index (χ4v) is 19.1. The standard InChI is InChI=1S/C34H43BrS8/c1-5-36-29-20-40-31(42-33(29)38-7-3)26-15-22-9-11-23(12-10-22)16-27(19-25-14-13-24(17-26)18-28(25)35)32-41-21-30(37-6-2)34(43-32)39-8-4/h9-14,18,29-30,33-34H,5-8,15-17,19-21H2,1-4H3/b31-26-,32-27-. The van der Waals surface area contributed by atoms with Crippen LogP contribution in [0.5, 0.6) is 0 Å². The van der Waals surface area contributed by atoms with Gasteiger partial charge in [-0.25, -0.2) is 0 Å². The molecule has 0 saturated carbocycles. The van der Waals surface area contributed by atoms with Crippen LogP contribution in [0.25, 0.3) is 0 Å². The summed E-state index contributed by atoms with van der Waals surface area (Å²) in [6.07, 6.45) is 4.11. The maximum absolute atomic E-state index is 4.04. The third-order valence-electron chi connectivity index (χ3n) is 7.61. The van der Waals surface area contributed by atoms with E-state index in [1.165, 1.54) is 61.2 Å². The quantitative estimate of drug-likeness (QED) is 0.256. The van der Waals surface area contributed by atoms with Crippen LogP contribution in [0.3, 0.4) is 0 Å². The molecule has 0 N–H and O–H groups in total. The summed E-state index contributed by atoms with van der Waals surface area (Å²) in [6.45, 7) is 9.24. The third kappa shape index (κ3) is 9.87. The molecule has 4 atom stereocenters. The highest BCUT2D eigenvalue weighted by Gasteiger charge is 2.32. The second kappa shape index (κ2) is 18.1. The predicted octanol–water partition coefficient (Wildman–Crippen LogP) is 12.1. The van der Waals surface area contributed by atoms with Crippen molar-refractivity contribution in [2.75, 3.05) is 34.5 Å². The molecule has 2 aliphatic heterocycles. The highest BCUT2D eigenvalue weighted by Crippen LogP contribution is 2.51. The number of allylic oxidation sites excluding steroid dienone is 2. The zero-order valence-electron chi connectivity index (χ0n) is 25.6. The van der Waals surface area contributed by atoms with E-state index in [1.54, 1.807) is 19.6 Å². The molecule has 0 radical (unpaired) electrons. The molecule has 2 saturated heterocycles. The molecule has 0 amide bonds. The summed E-state index contributed by atoms with van der Waals surface area (Å²) in [5.41, 5.74) is 8.91. The normalized spacial score (nSPS) is 28.3. The molecule has 2 fully saturated rings. The van der Waals surface area contributed by atoms with E-state index in [1.807, 2.05) is 0 Å². The topological polar surface area (TPSA) is 0 Å². The lowest BCUT2D eigenvalue weighted by atomic mass is 9.93.